The zero-order valence-electron chi connectivity index (χ0n) is 8.70. The Morgan fingerprint density at radius 1 is 1.21 bits per heavy atom. The molecule has 1 N–H and O–H groups in total. The van der Waals surface area contributed by atoms with Crippen LogP contribution >= 0.6 is 0 Å². The number of hydrogen-bond acceptors (Lipinski definition) is 5. The fraction of sp³-hybridized carbons (Fsp3) is 0.750. The van der Waals surface area contributed by atoms with Crippen molar-refractivity contribution in [1.29, 1.82) is 0 Å². The van der Waals surface area contributed by atoms with Crippen LogP contribution in [0.1, 0.15) is 20.8 Å². The minimum Gasteiger partial charge on any atom is -0.485 e. The third-order valence-corrected chi connectivity index (χ3v) is 5.07. The molecular weight excluding hydrogens is 204 g/mol. The van der Waals surface area contributed by atoms with Crippen molar-refractivity contribution in [2.75, 3.05) is 6.61 Å². The summed E-state index contributed by atoms with van der Waals surface area (Å²) in [6.45, 7) is 4.14. The van der Waals surface area contributed by atoms with Crippen molar-refractivity contribution < 1.29 is 23.5 Å². The van der Waals surface area contributed by atoms with Crippen LogP contribution in [0, 0.1) is 0 Å². The topological polar surface area (TPSA) is 72.8 Å². The number of aliphatic hydroxyl groups is 1. The van der Waals surface area contributed by atoms with E-state index in [9.17, 15) is 9.59 Å². The van der Waals surface area contributed by atoms with Crippen LogP contribution in [0.4, 0.5) is 0 Å². The van der Waals surface area contributed by atoms with E-state index in [1.54, 1.807) is 6.92 Å². The highest BCUT2D eigenvalue weighted by atomic mass is 28.4. The zero-order valence-corrected chi connectivity index (χ0v) is 9.70. The monoisotopic (exact) mass is 220 g/mol. The summed E-state index contributed by atoms with van der Waals surface area (Å²) in [7, 11) is -2.84. The van der Waals surface area contributed by atoms with Crippen LogP contribution in [-0.4, -0.2) is 32.2 Å². The van der Waals surface area contributed by atoms with Crippen molar-refractivity contribution >= 4 is 20.5 Å². The van der Waals surface area contributed by atoms with Gasteiger partial charge < -0.3 is 14.0 Å². The molecule has 82 valence electrons. The van der Waals surface area contributed by atoms with Crippen molar-refractivity contribution in [1.82, 2.24) is 0 Å². The molecule has 0 rings (SSSR count). The van der Waals surface area contributed by atoms with Gasteiger partial charge in [-0.25, -0.2) is 0 Å². The van der Waals surface area contributed by atoms with Gasteiger partial charge in [0, 0.05) is 32.5 Å². The zero-order chi connectivity index (χ0) is 11.2. The van der Waals surface area contributed by atoms with Crippen LogP contribution in [0.25, 0.3) is 0 Å². The number of hydrogen-bond donors (Lipinski definition) is 1. The maximum absolute atomic E-state index is 10.8. The third kappa shape index (κ3) is 4.38. The van der Waals surface area contributed by atoms with Gasteiger partial charge in [-0.05, 0) is 0 Å². The van der Waals surface area contributed by atoms with Gasteiger partial charge in [-0.1, -0.05) is 6.92 Å². The van der Waals surface area contributed by atoms with Crippen molar-refractivity contribution in [2.45, 2.75) is 32.9 Å². The summed E-state index contributed by atoms with van der Waals surface area (Å²) in [6, 6.07) is 0.676. The Kier molecular flexibility index (Phi) is 5.40. The molecule has 0 spiro atoms. The van der Waals surface area contributed by atoms with E-state index in [0.717, 1.165) is 0 Å². The van der Waals surface area contributed by atoms with Gasteiger partial charge >= 0.3 is 8.56 Å². The summed E-state index contributed by atoms with van der Waals surface area (Å²) in [5.74, 6) is -0.957. The quantitative estimate of drug-likeness (QED) is 0.686. The Morgan fingerprint density at radius 3 is 1.86 bits per heavy atom. The fourth-order valence-corrected chi connectivity index (χ4v) is 3.41. The van der Waals surface area contributed by atoms with Gasteiger partial charge in [-0.15, -0.1) is 0 Å². The summed E-state index contributed by atoms with van der Waals surface area (Å²) >= 11 is 0. The molecule has 14 heavy (non-hydrogen) atoms. The predicted molar refractivity (Wildman–Crippen MR) is 51.7 cm³/mol. The first kappa shape index (κ1) is 13.1. The number of aliphatic hydroxyl groups excluding tert-OH is 1. The smallest absolute Gasteiger partial charge is 0.466 e. The average Bonchev–Trinajstić information content (AvgIpc) is 2.02. The number of rotatable bonds is 5. The van der Waals surface area contributed by atoms with Gasteiger partial charge in [-0.3, -0.25) is 9.59 Å². The first-order valence-electron chi connectivity index (χ1n) is 4.46. The summed E-state index contributed by atoms with van der Waals surface area (Å²) in [4.78, 5) is 21.6. The largest absolute Gasteiger partial charge is 0.485 e. The summed E-state index contributed by atoms with van der Waals surface area (Å²) < 4.78 is 10.1. The molecule has 0 aromatic heterocycles. The maximum Gasteiger partial charge on any atom is 0.466 e. The van der Waals surface area contributed by atoms with Gasteiger partial charge in [0.15, 0.2) is 0 Å². The van der Waals surface area contributed by atoms with E-state index in [1.807, 2.05) is 0 Å². The predicted octanol–water partition coefficient (Wildman–Crippen LogP) is 0.567. The third-order valence-electron chi connectivity index (χ3n) is 1.69. The lowest BCUT2D eigenvalue weighted by Gasteiger charge is -2.26. The fourth-order valence-electron chi connectivity index (χ4n) is 1.14. The minimum absolute atomic E-state index is 0.152. The Morgan fingerprint density at radius 2 is 1.64 bits per heavy atom. The van der Waals surface area contributed by atoms with Crippen molar-refractivity contribution in [2.24, 2.45) is 0 Å². The number of carbonyl (C=O) groups excluding carboxylic acids is 2. The van der Waals surface area contributed by atoms with Gasteiger partial charge in [-0.2, -0.15) is 0 Å². The highest BCUT2D eigenvalue weighted by molar-refractivity contribution is 6.70. The van der Waals surface area contributed by atoms with Gasteiger partial charge in [0.2, 0.25) is 0 Å². The molecule has 0 aliphatic rings. The second kappa shape index (κ2) is 5.76. The lowest BCUT2D eigenvalue weighted by molar-refractivity contribution is -0.139. The van der Waals surface area contributed by atoms with Crippen molar-refractivity contribution in [3.05, 3.63) is 0 Å². The molecule has 0 aromatic rings. The number of carbonyl (C=O) groups is 2. The van der Waals surface area contributed by atoms with Gasteiger partial charge in [0.05, 0.1) is 0 Å². The molecule has 0 aliphatic heterocycles. The molecule has 0 bridgehead atoms. The Labute approximate surface area is 84.3 Å². The van der Waals surface area contributed by atoms with Crippen molar-refractivity contribution in [3.8, 4) is 0 Å². The lowest BCUT2D eigenvalue weighted by Crippen LogP contribution is -2.45. The van der Waals surface area contributed by atoms with Crippen molar-refractivity contribution in [3.63, 3.8) is 0 Å². The van der Waals surface area contributed by atoms with Crippen LogP contribution in [0.15, 0.2) is 0 Å². The molecule has 0 fully saturated rings. The molecule has 0 unspecified atom stereocenters. The summed E-state index contributed by atoms with van der Waals surface area (Å²) in [5, 5.41) is 8.81. The molecule has 6 heteroatoms. The van der Waals surface area contributed by atoms with E-state index in [4.69, 9.17) is 14.0 Å². The Balaban J connectivity index is 4.58. The highest BCUT2D eigenvalue weighted by Gasteiger charge is 2.41. The minimum atomic E-state index is -2.84. The molecular formula is C8H16O5Si. The molecule has 0 atom stereocenters. The lowest BCUT2D eigenvalue weighted by atomic mass is 10.8. The van der Waals surface area contributed by atoms with Crippen LogP contribution < -0.4 is 0 Å². The van der Waals surface area contributed by atoms with E-state index in [1.165, 1.54) is 13.8 Å². The van der Waals surface area contributed by atoms with E-state index in [0.29, 0.717) is 6.04 Å². The maximum atomic E-state index is 10.8. The van der Waals surface area contributed by atoms with Gasteiger partial charge in [0.1, 0.15) is 0 Å². The van der Waals surface area contributed by atoms with Crippen LogP contribution in [-0.2, 0) is 18.4 Å². The van der Waals surface area contributed by atoms with Crippen LogP contribution in [0.2, 0.25) is 12.1 Å². The molecule has 5 nitrogen and oxygen atoms in total. The summed E-state index contributed by atoms with van der Waals surface area (Å²) in [5.41, 5.74) is 0. The second-order valence-corrected chi connectivity index (χ2v) is 6.36. The molecule has 0 heterocycles. The van der Waals surface area contributed by atoms with E-state index >= 15 is 0 Å². The van der Waals surface area contributed by atoms with Crippen LogP contribution in [0.5, 0.6) is 0 Å². The highest BCUT2D eigenvalue weighted by Crippen LogP contribution is 2.18. The average molecular weight is 220 g/mol. The van der Waals surface area contributed by atoms with E-state index < -0.39 is 20.5 Å². The summed E-state index contributed by atoms with van der Waals surface area (Å²) in [6.07, 6.45) is 0. The van der Waals surface area contributed by atoms with Gasteiger partial charge in [0.25, 0.3) is 11.9 Å². The second-order valence-electron chi connectivity index (χ2n) is 2.93. The van der Waals surface area contributed by atoms with E-state index in [2.05, 4.69) is 0 Å². The first-order chi connectivity index (χ1) is 6.45. The van der Waals surface area contributed by atoms with E-state index in [-0.39, 0.29) is 12.7 Å². The normalized spacial score (nSPS) is 10.9. The molecule has 0 aromatic carbocycles. The first-order valence-corrected chi connectivity index (χ1v) is 6.69. The van der Waals surface area contributed by atoms with Crippen LogP contribution in [0.3, 0.4) is 0 Å². The SMILES string of the molecule is CC[Si](CCO)(OC(C)=O)OC(C)=O. The molecule has 0 amide bonds. The Hall–Kier alpha value is -0.883. The standard InChI is InChI=1S/C8H16O5Si/c1-4-14(6-5-9,12-7(2)10)13-8(3)11/h9H,4-6H2,1-3H3. The molecule has 0 saturated carbocycles. The Bertz CT molecular complexity index is 200. The molecule has 0 aliphatic carbocycles. The molecule has 0 radical (unpaired) electrons. The molecule has 0 saturated heterocycles.